The maximum atomic E-state index is 12.8. The summed E-state index contributed by atoms with van der Waals surface area (Å²) in [5, 5.41) is 7.34. The minimum absolute atomic E-state index is 0.0702. The minimum atomic E-state index is -0.292. The second-order valence-corrected chi connectivity index (χ2v) is 7.25. The van der Waals surface area contributed by atoms with Crippen molar-refractivity contribution in [1.29, 1.82) is 0 Å². The van der Waals surface area contributed by atoms with Gasteiger partial charge < -0.3 is 19.5 Å². The van der Waals surface area contributed by atoms with Crippen LogP contribution in [0.4, 0.5) is 5.95 Å². The van der Waals surface area contributed by atoms with Crippen molar-refractivity contribution in [2.45, 2.75) is 18.9 Å². The van der Waals surface area contributed by atoms with E-state index in [-0.39, 0.29) is 17.9 Å². The van der Waals surface area contributed by atoms with E-state index in [4.69, 9.17) is 9.26 Å². The Bertz CT molecular complexity index is 915. The highest BCUT2D eigenvalue weighted by Crippen LogP contribution is 2.29. The summed E-state index contributed by atoms with van der Waals surface area (Å²) in [6.07, 6.45) is 1.76. The molecule has 146 valence electrons. The Balaban J connectivity index is 1.38. The second-order valence-electron chi connectivity index (χ2n) is 7.25. The number of fused-ring (bicyclic) bond motifs is 1. The van der Waals surface area contributed by atoms with Crippen molar-refractivity contribution in [1.82, 2.24) is 20.4 Å². The molecule has 1 N–H and O–H groups in total. The molecule has 1 aromatic heterocycles. The highest BCUT2D eigenvalue weighted by atomic mass is 16.5. The van der Waals surface area contributed by atoms with Crippen LogP contribution in [-0.2, 0) is 4.74 Å². The number of amides is 2. The van der Waals surface area contributed by atoms with E-state index in [1.165, 1.54) is 4.90 Å². The van der Waals surface area contributed by atoms with Gasteiger partial charge in [0.25, 0.3) is 23.7 Å². The first-order chi connectivity index (χ1) is 13.7. The van der Waals surface area contributed by atoms with E-state index >= 15 is 0 Å². The van der Waals surface area contributed by atoms with Crippen LogP contribution < -0.4 is 10.2 Å². The molecule has 0 radical (unpaired) electrons. The summed E-state index contributed by atoms with van der Waals surface area (Å²) in [6.45, 7) is 4.36. The molecule has 2 amide bonds. The quantitative estimate of drug-likeness (QED) is 0.778. The van der Waals surface area contributed by atoms with Gasteiger partial charge in [-0.3, -0.25) is 14.5 Å². The predicted molar refractivity (Wildman–Crippen MR) is 99.2 cm³/mol. The molecule has 9 nitrogen and oxygen atoms in total. The fraction of sp³-hybridized carbons (Fsp3) is 0.474. The van der Waals surface area contributed by atoms with Crippen molar-refractivity contribution in [3.05, 3.63) is 29.3 Å². The second kappa shape index (κ2) is 6.99. The lowest BCUT2D eigenvalue weighted by molar-refractivity contribution is 0.0475. The van der Waals surface area contributed by atoms with E-state index in [1.54, 1.807) is 18.2 Å². The summed E-state index contributed by atoms with van der Waals surface area (Å²) < 4.78 is 11.0. The van der Waals surface area contributed by atoms with Gasteiger partial charge in [-0.1, -0.05) is 0 Å². The number of ether oxygens (including phenoxy) is 1. The molecule has 0 aliphatic carbocycles. The lowest BCUT2D eigenvalue weighted by Crippen LogP contribution is -2.44. The van der Waals surface area contributed by atoms with E-state index < -0.39 is 0 Å². The Morgan fingerprint density at radius 2 is 1.96 bits per heavy atom. The average molecular weight is 383 g/mol. The maximum Gasteiger partial charge on any atom is 0.266 e. The summed E-state index contributed by atoms with van der Waals surface area (Å²) in [5.74, 6) is 0.321. The van der Waals surface area contributed by atoms with Crippen LogP contribution in [-0.4, -0.2) is 72.3 Å². The number of hydrogen-bond acceptors (Lipinski definition) is 8. The molecule has 3 aliphatic heterocycles. The van der Waals surface area contributed by atoms with Crippen LogP contribution in [0.3, 0.4) is 0 Å². The zero-order chi connectivity index (χ0) is 19.1. The van der Waals surface area contributed by atoms with Crippen molar-refractivity contribution in [2.24, 2.45) is 0 Å². The Morgan fingerprint density at radius 3 is 2.75 bits per heavy atom. The lowest BCUT2D eigenvalue weighted by atomic mass is 10.1. The highest BCUT2D eigenvalue weighted by Gasteiger charge is 2.38. The zero-order valence-electron chi connectivity index (χ0n) is 15.4. The Hall–Kier alpha value is -2.78. The van der Waals surface area contributed by atoms with E-state index in [1.807, 2.05) is 0 Å². The lowest BCUT2D eigenvalue weighted by Gasteiger charge is -2.25. The number of benzene rings is 1. The molecule has 0 spiro atoms. The normalized spacial score (nSPS) is 22.2. The van der Waals surface area contributed by atoms with Gasteiger partial charge in [-0.25, -0.2) is 0 Å². The molecule has 1 aromatic carbocycles. The van der Waals surface area contributed by atoms with Gasteiger partial charge in [0.15, 0.2) is 0 Å². The third-order valence-corrected chi connectivity index (χ3v) is 5.44. The molecule has 2 fully saturated rings. The number of hydrogen-bond donors (Lipinski definition) is 1. The fourth-order valence-corrected chi connectivity index (χ4v) is 3.91. The molecular weight excluding hydrogens is 362 g/mol. The van der Waals surface area contributed by atoms with E-state index in [0.29, 0.717) is 41.7 Å². The number of carbonyl (C=O) groups excluding carboxylic acids is 2. The van der Waals surface area contributed by atoms with Crippen molar-refractivity contribution >= 4 is 17.8 Å². The van der Waals surface area contributed by atoms with Gasteiger partial charge >= 0.3 is 0 Å². The maximum absolute atomic E-state index is 12.8. The SMILES string of the molecule is O=C1c2ccc(-c3nc(N4CCNCC4)no3)cc2C(=O)N1CC1CCCO1. The Labute approximate surface area is 161 Å². The first-order valence-corrected chi connectivity index (χ1v) is 9.62. The molecule has 1 atom stereocenters. The summed E-state index contributed by atoms with van der Waals surface area (Å²) in [5.41, 5.74) is 1.42. The minimum Gasteiger partial charge on any atom is -0.376 e. The number of carbonyl (C=O) groups is 2. The smallest absolute Gasteiger partial charge is 0.266 e. The molecule has 5 rings (SSSR count). The zero-order valence-corrected chi connectivity index (χ0v) is 15.4. The standard InChI is InChI=1S/C19H21N5O4/c25-17-14-4-3-12(16-21-19(22-28-16)23-7-5-20-6-8-23)10-15(14)18(26)24(17)11-13-2-1-9-27-13/h3-4,10,13,20H,1-2,5-9,11H2. The summed E-state index contributed by atoms with van der Waals surface area (Å²) in [7, 11) is 0. The van der Waals surface area contributed by atoms with Crippen LogP contribution in [0, 0.1) is 0 Å². The molecule has 28 heavy (non-hydrogen) atoms. The van der Waals surface area contributed by atoms with E-state index in [9.17, 15) is 9.59 Å². The number of nitrogens with one attached hydrogen (secondary N) is 1. The van der Waals surface area contributed by atoms with Crippen molar-refractivity contribution in [3.63, 3.8) is 0 Å². The van der Waals surface area contributed by atoms with E-state index in [2.05, 4.69) is 20.4 Å². The summed E-state index contributed by atoms with van der Waals surface area (Å²) in [6, 6.07) is 5.07. The highest BCUT2D eigenvalue weighted by molar-refractivity contribution is 6.21. The topological polar surface area (TPSA) is 101 Å². The largest absolute Gasteiger partial charge is 0.376 e. The average Bonchev–Trinajstić information content (AvgIpc) is 3.47. The van der Waals surface area contributed by atoms with Crippen molar-refractivity contribution in [3.8, 4) is 11.5 Å². The number of anilines is 1. The Morgan fingerprint density at radius 1 is 1.14 bits per heavy atom. The molecule has 1 unspecified atom stereocenters. The van der Waals surface area contributed by atoms with Gasteiger partial charge in [-0.15, -0.1) is 0 Å². The molecule has 0 saturated carbocycles. The number of aromatic nitrogens is 2. The molecular formula is C19H21N5O4. The van der Waals surface area contributed by atoms with Gasteiger partial charge in [0.1, 0.15) is 0 Å². The van der Waals surface area contributed by atoms with Crippen LogP contribution in [0.2, 0.25) is 0 Å². The van der Waals surface area contributed by atoms with Crippen LogP contribution in [0.1, 0.15) is 33.6 Å². The monoisotopic (exact) mass is 383 g/mol. The number of nitrogens with zero attached hydrogens (tertiary/aromatic N) is 4. The van der Waals surface area contributed by atoms with Crippen LogP contribution in [0.5, 0.6) is 0 Å². The summed E-state index contributed by atoms with van der Waals surface area (Å²) >= 11 is 0. The van der Waals surface area contributed by atoms with E-state index in [0.717, 1.165) is 39.0 Å². The molecule has 2 aromatic rings. The molecule has 0 bridgehead atoms. The van der Waals surface area contributed by atoms with Crippen LogP contribution >= 0.6 is 0 Å². The fourth-order valence-electron chi connectivity index (χ4n) is 3.91. The number of piperazine rings is 1. The third-order valence-electron chi connectivity index (χ3n) is 5.44. The van der Waals surface area contributed by atoms with Gasteiger partial charge in [0, 0.05) is 38.3 Å². The molecule has 3 aliphatic rings. The number of rotatable bonds is 4. The predicted octanol–water partition coefficient (Wildman–Crippen LogP) is 0.921. The van der Waals surface area contributed by atoms with Gasteiger partial charge in [-0.2, -0.15) is 4.98 Å². The first kappa shape index (κ1) is 17.3. The van der Waals surface area contributed by atoms with Gasteiger partial charge in [0.05, 0.1) is 23.8 Å². The molecule has 2 saturated heterocycles. The van der Waals surface area contributed by atoms with Gasteiger partial charge in [0.2, 0.25) is 0 Å². The Kier molecular flexibility index (Phi) is 4.33. The van der Waals surface area contributed by atoms with Crippen molar-refractivity contribution < 1.29 is 18.8 Å². The molecule has 9 heteroatoms. The van der Waals surface area contributed by atoms with Crippen LogP contribution in [0.15, 0.2) is 22.7 Å². The van der Waals surface area contributed by atoms with Crippen molar-refractivity contribution in [2.75, 3.05) is 44.2 Å². The van der Waals surface area contributed by atoms with Gasteiger partial charge in [-0.05, 0) is 36.2 Å². The van der Waals surface area contributed by atoms with Crippen LogP contribution in [0.25, 0.3) is 11.5 Å². The third kappa shape index (κ3) is 2.96. The summed E-state index contributed by atoms with van der Waals surface area (Å²) in [4.78, 5) is 33.2. The first-order valence-electron chi connectivity index (χ1n) is 9.62. The number of imide groups is 1. The molecule has 4 heterocycles.